The second-order valence-corrected chi connectivity index (χ2v) is 10.3. The summed E-state index contributed by atoms with van der Waals surface area (Å²) in [5, 5.41) is 3.01. The third kappa shape index (κ3) is 5.18. The van der Waals surface area contributed by atoms with Crippen LogP contribution >= 0.6 is 11.8 Å². The highest BCUT2D eigenvalue weighted by Crippen LogP contribution is 2.47. The topological polar surface area (TPSA) is 71.1 Å². The highest BCUT2D eigenvalue weighted by Gasteiger charge is 2.52. The van der Waals surface area contributed by atoms with Crippen LogP contribution in [0.1, 0.15) is 38.2 Å². The Hall–Kier alpha value is -1.77. The summed E-state index contributed by atoms with van der Waals surface area (Å²) in [6.07, 6.45) is 3.51. The van der Waals surface area contributed by atoms with Gasteiger partial charge >= 0.3 is 0 Å². The van der Waals surface area contributed by atoms with Crippen LogP contribution in [0.15, 0.2) is 24.3 Å². The van der Waals surface area contributed by atoms with Gasteiger partial charge in [0.05, 0.1) is 4.87 Å². The first kappa shape index (κ1) is 22.4. The Balaban J connectivity index is 1.24. The van der Waals surface area contributed by atoms with Gasteiger partial charge in [0.2, 0.25) is 11.8 Å². The molecule has 7 nitrogen and oxygen atoms in total. The summed E-state index contributed by atoms with van der Waals surface area (Å²) >= 11 is 1.71. The Labute approximate surface area is 188 Å². The van der Waals surface area contributed by atoms with E-state index < -0.39 is 0 Å². The Morgan fingerprint density at radius 3 is 3.00 bits per heavy atom. The monoisotopic (exact) mass is 447 g/mol. The first-order chi connectivity index (χ1) is 15.0. The van der Waals surface area contributed by atoms with Crippen molar-refractivity contribution < 1.29 is 19.1 Å². The number of ether oxygens (including phenoxy) is 2. The number of hydrogen-bond acceptors (Lipinski definition) is 6. The van der Waals surface area contributed by atoms with Crippen LogP contribution in [0.4, 0.5) is 0 Å². The zero-order chi connectivity index (χ0) is 21.8. The maximum atomic E-state index is 12.8. The molecule has 2 unspecified atom stereocenters. The molecule has 1 aromatic rings. The first-order valence-corrected chi connectivity index (χ1v) is 12.2. The van der Waals surface area contributed by atoms with E-state index in [0.717, 1.165) is 50.3 Å². The average Bonchev–Trinajstić information content (AvgIpc) is 3.28. The maximum absolute atomic E-state index is 12.8. The zero-order valence-electron chi connectivity index (χ0n) is 18.5. The van der Waals surface area contributed by atoms with E-state index in [-0.39, 0.29) is 22.7 Å². The lowest BCUT2D eigenvalue weighted by Crippen LogP contribution is -2.49. The lowest BCUT2D eigenvalue weighted by atomic mass is 10.1. The number of rotatable bonds is 8. The number of carbonyl (C=O) groups excluding carboxylic acids is 2. The van der Waals surface area contributed by atoms with Gasteiger partial charge in [0.15, 0.2) is 0 Å². The molecule has 170 valence electrons. The molecule has 0 radical (unpaired) electrons. The number of nitrogens with zero attached hydrogens (tertiary/aromatic N) is 2. The lowest BCUT2D eigenvalue weighted by molar-refractivity contribution is -0.138. The van der Waals surface area contributed by atoms with Crippen molar-refractivity contribution in [2.24, 2.45) is 0 Å². The number of likely N-dealkylation sites (N-methyl/N-ethyl adjacent to an activating group) is 1. The Morgan fingerprint density at radius 1 is 1.39 bits per heavy atom. The van der Waals surface area contributed by atoms with Crippen molar-refractivity contribution in [1.29, 1.82) is 0 Å². The Bertz CT molecular complexity index is 801. The minimum atomic E-state index is -0.370. The van der Waals surface area contributed by atoms with Gasteiger partial charge in [-0.05, 0) is 50.9 Å². The normalized spacial score (nSPS) is 26.4. The molecule has 4 rings (SSSR count). The largest absolute Gasteiger partial charge is 0.492 e. The predicted molar refractivity (Wildman–Crippen MR) is 121 cm³/mol. The minimum Gasteiger partial charge on any atom is -0.492 e. The molecule has 31 heavy (non-hydrogen) atoms. The number of hydrogen-bond donors (Lipinski definition) is 1. The van der Waals surface area contributed by atoms with E-state index in [4.69, 9.17) is 9.47 Å². The second-order valence-electron chi connectivity index (χ2n) is 8.80. The van der Waals surface area contributed by atoms with Gasteiger partial charge in [-0.15, -0.1) is 11.8 Å². The van der Waals surface area contributed by atoms with Gasteiger partial charge in [-0.2, -0.15) is 0 Å². The smallest absolute Gasteiger partial charge is 0.243 e. The zero-order valence-corrected chi connectivity index (χ0v) is 19.3. The number of benzene rings is 1. The number of fused-ring (bicyclic) bond motifs is 1. The van der Waals surface area contributed by atoms with Crippen LogP contribution in [-0.2, 0) is 20.9 Å². The van der Waals surface area contributed by atoms with Crippen LogP contribution < -0.4 is 10.1 Å². The van der Waals surface area contributed by atoms with Crippen LogP contribution in [0.3, 0.4) is 0 Å². The van der Waals surface area contributed by atoms with Gasteiger partial charge in [0.1, 0.15) is 18.4 Å². The average molecular weight is 448 g/mol. The quantitative estimate of drug-likeness (QED) is 0.659. The molecule has 0 aromatic heterocycles. The summed E-state index contributed by atoms with van der Waals surface area (Å²) in [4.78, 5) is 28.9. The summed E-state index contributed by atoms with van der Waals surface area (Å²) in [5.41, 5.74) is 0.991. The summed E-state index contributed by atoms with van der Waals surface area (Å²) in [7, 11) is 2.14. The molecule has 1 N–H and O–H groups in total. The van der Waals surface area contributed by atoms with Crippen molar-refractivity contribution in [3.05, 3.63) is 29.8 Å². The molecule has 3 heterocycles. The highest BCUT2D eigenvalue weighted by atomic mass is 32.2. The fourth-order valence-electron chi connectivity index (χ4n) is 4.68. The van der Waals surface area contributed by atoms with Crippen LogP contribution in [0.2, 0.25) is 0 Å². The van der Waals surface area contributed by atoms with Gasteiger partial charge in [-0.3, -0.25) is 14.5 Å². The van der Waals surface area contributed by atoms with Crippen LogP contribution in [-0.4, -0.2) is 77.7 Å². The van der Waals surface area contributed by atoms with E-state index in [9.17, 15) is 9.59 Å². The fourth-order valence-corrected chi connectivity index (χ4v) is 6.11. The third-order valence-corrected chi connectivity index (χ3v) is 8.14. The van der Waals surface area contributed by atoms with Gasteiger partial charge in [0, 0.05) is 44.5 Å². The summed E-state index contributed by atoms with van der Waals surface area (Å²) in [6, 6.07) is 8.05. The molecule has 2 atom stereocenters. The van der Waals surface area contributed by atoms with E-state index in [0.29, 0.717) is 31.4 Å². The molecule has 3 aliphatic rings. The molecule has 3 fully saturated rings. The summed E-state index contributed by atoms with van der Waals surface area (Å²) in [6.45, 7) is 5.67. The third-order valence-electron chi connectivity index (χ3n) is 6.64. The van der Waals surface area contributed by atoms with E-state index in [1.807, 2.05) is 24.3 Å². The van der Waals surface area contributed by atoms with Crippen LogP contribution in [0.5, 0.6) is 5.75 Å². The van der Waals surface area contributed by atoms with Gasteiger partial charge in [-0.1, -0.05) is 12.1 Å². The van der Waals surface area contributed by atoms with Crippen molar-refractivity contribution in [3.8, 4) is 5.75 Å². The van der Waals surface area contributed by atoms with E-state index >= 15 is 0 Å². The van der Waals surface area contributed by atoms with E-state index in [1.165, 1.54) is 0 Å². The SMILES string of the molecule is CN(CCOc1cccc(CNC(=O)C2CSC3(C)CCC(=O)N23)c1)C1CCOCC1. The van der Waals surface area contributed by atoms with Gasteiger partial charge in [0.25, 0.3) is 0 Å². The summed E-state index contributed by atoms with van der Waals surface area (Å²) in [5.74, 6) is 1.49. The molecule has 0 saturated carbocycles. The number of nitrogens with one attached hydrogen (secondary N) is 1. The van der Waals surface area contributed by atoms with Crippen molar-refractivity contribution >= 4 is 23.6 Å². The predicted octanol–water partition coefficient (Wildman–Crippen LogP) is 2.25. The van der Waals surface area contributed by atoms with Crippen LogP contribution in [0.25, 0.3) is 0 Å². The molecule has 0 aliphatic carbocycles. The fraction of sp³-hybridized carbons (Fsp3) is 0.652. The van der Waals surface area contributed by atoms with Crippen LogP contribution in [0, 0.1) is 0 Å². The van der Waals surface area contributed by atoms with Crippen molar-refractivity contribution in [2.45, 2.75) is 56.1 Å². The molecule has 2 amide bonds. The van der Waals surface area contributed by atoms with Gasteiger partial charge in [-0.25, -0.2) is 0 Å². The standard InChI is InChI=1S/C23H33N3O4S/c1-23-9-6-21(27)26(23)20(16-31-23)22(28)24-15-17-4-3-5-19(14-17)30-13-10-25(2)18-7-11-29-12-8-18/h3-5,14,18,20H,6-13,15-16H2,1-2H3,(H,24,28). The first-order valence-electron chi connectivity index (χ1n) is 11.2. The van der Waals surface area contributed by atoms with Crippen molar-refractivity contribution in [2.75, 3.05) is 39.2 Å². The Morgan fingerprint density at radius 2 is 2.19 bits per heavy atom. The highest BCUT2D eigenvalue weighted by molar-refractivity contribution is 8.01. The Kier molecular flexibility index (Phi) is 7.08. The molecule has 1 aromatic carbocycles. The van der Waals surface area contributed by atoms with Gasteiger partial charge < -0.3 is 19.7 Å². The number of thioether (sulfide) groups is 1. The minimum absolute atomic E-state index is 0.0733. The second kappa shape index (κ2) is 9.79. The van der Waals surface area contributed by atoms with E-state index in [1.54, 1.807) is 16.7 Å². The molecule has 8 heteroatoms. The van der Waals surface area contributed by atoms with E-state index in [2.05, 4.69) is 24.2 Å². The number of amides is 2. The molecular formula is C23H33N3O4S. The van der Waals surface area contributed by atoms with Crippen molar-refractivity contribution in [3.63, 3.8) is 0 Å². The molecular weight excluding hydrogens is 414 g/mol. The molecule has 3 saturated heterocycles. The maximum Gasteiger partial charge on any atom is 0.243 e. The molecule has 3 aliphatic heterocycles. The lowest BCUT2D eigenvalue weighted by Gasteiger charge is -2.31. The van der Waals surface area contributed by atoms with Crippen molar-refractivity contribution in [1.82, 2.24) is 15.1 Å². The number of carbonyl (C=O) groups is 2. The molecule has 0 bridgehead atoms. The summed E-state index contributed by atoms with van der Waals surface area (Å²) < 4.78 is 11.4. The molecule has 0 spiro atoms.